The smallest absolute Gasteiger partial charge is 0.193 e. The fraction of sp³-hybridized carbons (Fsp3) is 0.400. The summed E-state index contributed by atoms with van der Waals surface area (Å²) in [4.78, 5) is 12.0. The molecule has 6 rings (SSSR count). The number of nitrogens with one attached hydrogen (secondary N) is 1. The molecule has 170 valence electrons. The summed E-state index contributed by atoms with van der Waals surface area (Å²) in [5.41, 5.74) is 3.41. The first-order valence-electron chi connectivity index (χ1n) is 11.5. The topological polar surface area (TPSA) is 79.1 Å². The molecule has 2 fully saturated rings. The number of anilines is 1. The van der Waals surface area contributed by atoms with E-state index in [1.807, 2.05) is 6.07 Å². The van der Waals surface area contributed by atoms with Gasteiger partial charge in [-0.2, -0.15) is 5.10 Å². The van der Waals surface area contributed by atoms with Crippen LogP contribution in [0.3, 0.4) is 0 Å². The Morgan fingerprint density at radius 2 is 1.85 bits per heavy atom. The molecule has 0 spiro atoms. The van der Waals surface area contributed by atoms with Gasteiger partial charge in [0, 0.05) is 60.8 Å². The Morgan fingerprint density at radius 1 is 1.09 bits per heavy atom. The number of fused-ring (bicyclic) bond motifs is 2. The fourth-order valence-electron chi connectivity index (χ4n) is 5.07. The highest BCUT2D eigenvalue weighted by Crippen LogP contribution is 2.44. The number of aromatic nitrogens is 4. The van der Waals surface area contributed by atoms with E-state index < -0.39 is 11.6 Å². The van der Waals surface area contributed by atoms with Crippen molar-refractivity contribution < 1.29 is 9.50 Å². The molecule has 2 unspecified atom stereocenters. The molecular formula is C25H27FN6O. The van der Waals surface area contributed by atoms with Crippen molar-refractivity contribution >= 4 is 27.5 Å². The summed E-state index contributed by atoms with van der Waals surface area (Å²) < 4.78 is 16.4. The van der Waals surface area contributed by atoms with Crippen LogP contribution < -0.4 is 10.2 Å². The zero-order chi connectivity index (χ0) is 22.9. The van der Waals surface area contributed by atoms with Gasteiger partial charge in [-0.15, -0.1) is 0 Å². The number of aromatic hydroxyl groups is 1. The summed E-state index contributed by atoms with van der Waals surface area (Å²) in [6.07, 6.45) is 3.89. The van der Waals surface area contributed by atoms with Crippen molar-refractivity contribution in [3.63, 3.8) is 0 Å². The number of benzene rings is 2. The number of rotatable bonds is 3. The van der Waals surface area contributed by atoms with Crippen molar-refractivity contribution in [1.29, 1.82) is 0 Å². The molecule has 1 aliphatic carbocycles. The molecular weight excluding hydrogens is 419 g/mol. The lowest BCUT2D eigenvalue weighted by atomic mass is 10.1. The van der Waals surface area contributed by atoms with E-state index in [0.717, 1.165) is 42.5 Å². The second kappa shape index (κ2) is 7.38. The van der Waals surface area contributed by atoms with Crippen molar-refractivity contribution in [1.82, 2.24) is 25.1 Å². The monoisotopic (exact) mass is 446 g/mol. The zero-order valence-corrected chi connectivity index (χ0v) is 19.0. The number of hydrogen-bond acceptors (Lipinski definition) is 6. The first kappa shape index (κ1) is 20.4. The summed E-state index contributed by atoms with van der Waals surface area (Å²) in [5.74, 6) is -0.469. The van der Waals surface area contributed by atoms with Gasteiger partial charge in [-0.1, -0.05) is 0 Å². The Hall–Kier alpha value is -3.26. The summed E-state index contributed by atoms with van der Waals surface area (Å²) in [5, 5.41) is 20.0. The van der Waals surface area contributed by atoms with Crippen LogP contribution in [0.5, 0.6) is 5.75 Å². The molecule has 0 bridgehead atoms. The molecule has 1 saturated heterocycles. The SMILES string of the molecule is CC1CN(c2ccc3nc(-c4cc5cn(C)nc5c(F)c4O)nc(C4CC4)c3c2)CC(C)N1. The van der Waals surface area contributed by atoms with Gasteiger partial charge < -0.3 is 15.3 Å². The van der Waals surface area contributed by atoms with Crippen LogP contribution in [0, 0.1) is 5.82 Å². The minimum Gasteiger partial charge on any atom is -0.504 e. The lowest BCUT2D eigenvalue weighted by Gasteiger charge is -2.37. The summed E-state index contributed by atoms with van der Waals surface area (Å²) >= 11 is 0. The number of phenolic OH excluding ortho intramolecular Hbond substituents is 1. The van der Waals surface area contributed by atoms with Crippen molar-refractivity contribution in [2.75, 3.05) is 18.0 Å². The molecule has 0 amide bonds. The maximum absolute atomic E-state index is 14.9. The maximum atomic E-state index is 14.9. The number of phenols is 1. The highest BCUT2D eigenvalue weighted by atomic mass is 19.1. The lowest BCUT2D eigenvalue weighted by molar-refractivity contribution is 0.407. The largest absolute Gasteiger partial charge is 0.504 e. The van der Waals surface area contributed by atoms with Crippen molar-refractivity contribution in [2.45, 2.75) is 44.7 Å². The van der Waals surface area contributed by atoms with Crippen LogP contribution in [0.1, 0.15) is 38.3 Å². The highest BCUT2D eigenvalue weighted by molar-refractivity contribution is 5.90. The molecule has 2 atom stereocenters. The van der Waals surface area contributed by atoms with Gasteiger partial charge in [-0.3, -0.25) is 4.68 Å². The predicted octanol–water partition coefficient (Wildman–Crippen LogP) is 4.09. The summed E-state index contributed by atoms with van der Waals surface area (Å²) in [7, 11) is 1.73. The van der Waals surface area contributed by atoms with Crippen LogP contribution in [0.2, 0.25) is 0 Å². The quantitative estimate of drug-likeness (QED) is 0.494. The highest BCUT2D eigenvalue weighted by Gasteiger charge is 2.30. The second-order valence-electron chi connectivity index (χ2n) is 9.61. The van der Waals surface area contributed by atoms with Gasteiger partial charge in [-0.25, -0.2) is 14.4 Å². The first-order chi connectivity index (χ1) is 15.9. The minimum atomic E-state index is -0.739. The lowest BCUT2D eigenvalue weighted by Crippen LogP contribution is -2.54. The fourth-order valence-corrected chi connectivity index (χ4v) is 5.07. The van der Waals surface area contributed by atoms with Gasteiger partial charge in [0.05, 0.1) is 16.8 Å². The number of piperazine rings is 1. The third kappa shape index (κ3) is 3.49. The first-order valence-corrected chi connectivity index (χ1v) is 11.5. The molecule has 2 aromatic carbocycles. The van der Waals surface area contributed by atoms with Gasteiger partial charge in [0.25, 0.3) is 0 Å². The number of hydrogen-bond donors (Lipinski definition) is 2. The molecule has 2 aliphatic rings. The third-order valence-electron chi connectivity index (χ3n) is 6.66. The van der Waals surface area contributed by atoms with Crippen molar-refractivity contribution in [3.8, 4) is 17.1 Å². The number of nitrogens with zero attached hydrogens (tertiary/aromatic N) is 5. The van der Waals surface area contributed by atoms with Gasteiger partial charge >= 0.3 is 0 Å². The molecule has 1 saturated carbocycles. The van der Waals surface area contributed by atoms with E-state index in [0.29, 0.717) is 34.8 Å². The molecule has 1 aliphatic heterocycles. The van der Waals surface area contributed by atoms with E-state index >= 15 is 0 Å². The molecule has 3 heterocycles. The number of halogens is 1. The van der Waals surface area contributed by atoms with Gasteiger partial charge in [-0.05, 0) is 51.0 Å². The average molecular weight is 447 g/mol. The minimum absolute atomic E-state index is 0.145. The Bertz CT molecular complexity index is 1390. The predicted molar refractivity (Wildman–Crippen MR) is 127 cm³/mol. The zero-order valence-electron chi connectivity index (χ0n) is 19.0. The Balaban J connectivity index is 1.49. The molecule has 0 radical (unpaired) electrons. The van der Waals surface area contributed by atoms with E-state index in [9.17, 15) is 9.50 Å². The summed E-state index contributed by atoms with van der Waals surface area (Å²) in [6, 6.07) is 8.89. The van der Waals surface area contributed by atoms with E-state index in [4.69, 9.17) is 9.97 Å². The average Bonchev–Trinajstić information content (AvgIpc) is 3.56. The van der Waals surface area contributed by atoms with Gasteiger partial charge in [0.2, 0.25) is 0 Å². The van der Waals surface area contributed by atoms with Crippen LogP contribution in [-0.4, -0.2) is 50.0 Å². The standard InChI is InChI=1S/C25H27FN6O/c1-13-10-32(11-14(2)27-13)17-6-7-20-18(9-17)22(15-4-5-15)29-25(28-20)19-8-16-12-31(3)30-23(16)21(26)24(19)33/h6-9,12-15,27,33H,4-5,10-11H2,1-3H3. The van der Waals surface area contributed by atoms with Crippen LogP contribution in [0.15, 0.2) is 30.5 Å². The van der Waals surface area contributed by atoms with Gasteiger partial charge in [0.15, 0.2) is 17.4 Å². The summed E-state index contributed by atoms with van der Waals surface area (Å²) in [6.45, 7) is 6.32. The second-order valence-corrected chi connectivity index (χ2v) is 9.61. The van der Waals surface area contributed by atoms with Crippen LogP contribution in [0.4, 0.5) is 10.1 Å². The molecule has 7 nitrogen and oxygen atoms in total. The van der Waals surface area contributed by atoms with Crippen LogP contribution in [-0.2, 0) is 7.05 Å². The van der Waals surface area contributed by atoms with E-state index in [2.05, 4.69) is 41.3 Å². The Kier molecular flexibility index (Phi) is 4.55. The molecule has 8 heteroatoms. The van der Waals surface area contributed by atoms with Crippen molar-refractivity contribution in [3.05, 3.63) is 42.0 Å². The Morgan fingerprint density at radius 3 is 2.58 bits per heavy atom. The molecule has 4 aromatic rings. The van der Waals surface area contributed by atoms with Crippen molar-refractivity contribution in [2.24, 2.45) is 7.05 Å². The molecule has 2 N–H and O–H groups in total. The molecule has 33 heavy (non-hydrogen) atoms. The van der Waals surface area contributed by atoms with Gasteiger partial charge in [0.1, 0.15) is 5.52 Å². The van der Waals surface area contributed by atoms with E-state index in [-0.39, 0.29) is 5.52 Å². The van der Waals surface area contributed by atoms with E-state index in [1.165, 1.54) is 10.4 Å². The van der Waals surface area contributed by atoms with E-state index in [1.54, 1.807) is 19.3 Å². The van der Waals surface area contributed by atoms with Crippen LogP contribution in [0.25, 0.3) is 33.2 Å². The van der Waals surface area contributed by atoms with Crippen LogP contribution >= 0.6 is 0 Å². The number of aryl methyl sites for hydroxylation is 1. The maximum Gasteiger partial charge on any atom is 0.193 e. The normalized spacial score (nSPS) is 21.3. The molecule has 2 aromatic heterocycles. The Labute approximate surface area is 191 Å². The third-order valence-corrected chi connectivity index (χ3v) is 6.66.